The maximum atomic E-state index is 13.3. The van der Waals surface area contributed by atoms with Gasteiger partial charge in [-0.15, -0.1) is 5.10 Å². The maximum Gasteiger partial charge on any atom is 0.276 e. The third-order valence-corrected chi connectivity index (χ3v) is 3.88. The molecule has 25 heavy (non-hydrogen) atoms. The van der Waals surface area contributed by atoms with Gasteiger partial charge in [0.05, 0.1) is 12.7 Å². The number of hydrogen-bond acceptors (Lipinski definition) is 3. The normalized spacial score (nSPS) is 10.6. The fraction of sp³-hybridized carbons (Fsp3) is 0.211. The average Bonchev–Trinajstić information content (AvgIpc) is 3.08. The fourth-order valence-corrected chi connectivity index (χ4v) is 2.59. The van der Waals surface area contributed by atoms with Crippen molar-refractivity contribution in [3.8, 4) is 0 Å². The molecule has 3 rings (SSSR count). The van der Waals surface area contributed by atoms with Crippen molar-refractivity contribution >= 4 is 5.91 Å². The predicted molar refractivity (Wildman–Crippen MR) is 92.4 cm³/mol. The zero-order valence-corrected chi connectivity index (χ0v) is 14.0. The molecule has 2 aromatic carbocycles. The molecule has 3 aromatic rings. The highest BCUT2D eigenvalue weighted by Gasteiger charge is 2.18. The first-order valence-electron chi connectivity index (χ1n) is 8.13. The molecular formula is C19H19FN4O. The zero-order chi connectivity index (χ0) is 17.6. The van der Waals surface area contributed by atoms with Gasteiger partial charge < -0.3 is 4.90 Å². The van der Waals surface area contributed by atoms with E-state index in [9.17, 15) is 9.18 Å². The summed E-state index contributed by atoms with van der Waals surface area (Å²) in [4.78, 5) is 14.3. The van der Waals surface area contributed by atoms with E-state index < -0.39 is 0 Å². The van der Waals surface area contributed by atoms with E-state index in [-0.39, 0.29) is 17.4 Å². The van der Waals surface area contributed by atoms with Crippen LogP contribution in [-0.4, -0.2) is 32.3 Å². The van der Waals surface area contributed by atoms with Crippen LogP contribution in [0.15, 0.2) is 60.8 Å². The molecule has 0 N–H and O–H groups in total. The molecule has 0 fully saturated rings. The molecule has 6 heteroatoms. The molecule has 0 aliphatic heterocycles. The van der Waals surface area contributed by atoms with Gasteiger partial charge >= 0.3 is 0 Å². The van der Waals surface area contributed by atoms with Crippen molar-refractivity contribution in [1.29, 1.82) is 0 Å². The Morgan fingerprint density at radius 2 is 1.88 bits per heavy atom. The highest BCUT2D eigenvalue weighted by molar-refractivity contribution is 5.91. The summed E-state index contributed by atoms with van der Waals surface area (Å²) in [7, 11) is 0. The molecule has 5 nitrogen and oxygen atoms in total. The minimum absolute atomic E-state index is 0.217. The highest BCUT2D eigenvalue weighted by Crippen LogP contribution is 2.10. The summed E-state index contributed by atoms with van der Waals surface area (Å²) in [6, 6.07) is 16.1. The van der Waals surface area contributed by atoms with Gasteiger partial charge in [0, 0.05) is 13.1 Å². The van der Waals surface area contributed by atoms with E-state index in [1.807, 2.05) is 37.3 Å². The summed E-state index contributed by atoms with van der Waals surface area (Å²) in [6.45, 7) is 3.27. The standard InChI is InChI=1S/C19H19FN4O/c1-2-23(12-16-9-6-10-17(20)11-16)19(25)18-14-24(22-21-18)13-15-7-4-3-5-8-15/h3-11,14H,2,12-13H2,1H3. The minimum Gasteiger partial charge on any atom is -0.333 e. The van der Waals surface area contributed by atoms with Gasteiger partial charge in [0.25, 0.3) is 5.91 Å². The van der Waals surface area contributed by atoms with Crippen molar-refractivity contribution in [2.45, 2.75) is 20.0 Å². The third kappa shape index (κ3) is 4.29. The summed E-state index contributed by atoms with van der Waals surface area (Å²) >= 11 is 0. The molecule has 128 valence electrons. The molecule has 0 saturated carbocycles. The Morgan fingerprint density at radius 1 is 1.12 bits per heavy atom. The van der Waals surface area contributed by atoms with E-state index >= 15 is 0 Å². The maximum absolute atomic E-state index is 13.3. The molecule has 0 saturated heterocycles. The number of amides is 1. The molecule has 1 heterocycles. The number of rotatable bonds is 6. The van der Waals surface area contributed by atoms with Crippen molar-refractivity contribution in [3.63, 3.8) is 0 Å². The fourth-order valence-electron chi connectivity index (χ4n) is 2.59. The van der Waals surface area contributed by atoms with Crippen LogP contribution >= 0.6 is 0 Å². The first-order valence-corrected chi connectivity index (χ1v) is 8.13. The lowest BCUT2D eigenvalue weighted by molar-refractivity contribution is 0.0746. The minimum atomic E-state index is -0.310. The van der Waals surface area contributed by atoms with Crippen LogP contribution in [0.2, 0.25) is 0 Å². The molecule has 0 radical (unpaired) electrons. The van der Waals surface area contributed by atoms with Crippen LogP contribution in [-0.2, 0) is 13.1 Å². The van der Waals surface area contributed by atoms with E-state index in [4.69, 9.17) is 0 Å². The SMILES string of the molecule is CCN(Cc1cccc(F)c1)C(=O)c1cn(Cc2ccccc2)nn1. The predicted octanol–water partition coefficient (Wildman–Crippen LogP) is 3.13. The Hall–Kier alpha value is -3.02. The number of carbonyl (C=O) groups is 1. The van der Waals surface area contributed by atoms with Gasteiger partial charge in [-0.1, -0.05) is 47.7 Å². The summed E-state index contributed by atoms with van der Waals surface area (Å²) in [6.07, 6.45) is 1.64. The second-order valence-corrected chi connectivity index (χ2v) is 5.74. The van der Waals surface area contributed by atoms with Crippen LogP contribution in [0.1, 0.15) is 28.5 Å². The van der Waals surface area contributed by atoms with Gasteiger partial charge in [-0.3, -0.25) is 4.79 Å². The quantitative estimate of drug-likeness (QED) is 0.694. The smallest absolute Gasteiger partial charge is 0.276 e. The van der Waals surface area contributed by atoms with Crippen molar-refractivity contribution in [3.05, 3.63) is 83.4 Å². The van der Waals surface area contributed by atoms with Crippen molar-refractivity contribution in [1.82, 2.24) is 19.9 Å². The van der Waals surface area contributed by atoms with E-state index in [0.717, 1.165) is 11.1 Å². The van der Waals surface area contributed by atoms with Gasteiger partial charge in [0.1, 0.15) is 5.82 Å². The first-order chi connectivity index (χ1) is 12.2. The molecule has 0 unspecified atom stereocenters. The molecular weight excluding hydrogens is 319 g/mol. The van der Waals surface area contributed by atoms with Gasteiger partial charge in [0.2, 0.25) is 0 Å². The van der Waals surface area contributed by atoms with Crippen molar-refractivity contribution in [2.75, 3.05) is 6.54 Å². The summed E-state index contributed by atoms with van der Waals surface area (Å²) < 4.78 is 15.0. The lowest BCUT2D eigenvalue weighted by atomic mass is 10.2. The monoisotopic (exact) mass is 338 g/mol. The number of aromatic nitrogens is 3. The van der Waals surface area contributed by atoms with Crippen LogP contribution < -0.4 is 0 Å². The highest BCUT2D eigenvalue weighted by atomic mass is 19.1. The van der Waals surface area contributed by atoms with Gasteiger partial charge in [-0.05, 0) is 30.2 Å². The lowest BCUT2D eigenvalue weighted by Gasteiger charge is -2.19. The number of nitrogens with zero attached hydrogens (tertiary/aromatic N) is 4. The topological polar surface area (TPSA) is 51.0 Å². The zero-order valence-electron chi connectivity index (χ0n) is 14.0. The molecule has 1 aromatic heterocycles. The van der Waals surface area contributed by atoms with E-state index in [1.54, 1.807) is 27.9 Å². The van der Waals surface area contributed by atoms with Crippen LogP contribution in [0, 0.1) is 5.82 Å². The number of benzene rings is 2. The summed E-state index contributed by atoms with van der Waals surface area (Å²) in [5.74, 6) is -0.527. The summed E-state index contributed by atoms with van der Waals surface area (Å²) in [5.41, 5.74) is 2.11. The Morgan fingerprint density at radius 3 is 2.60 bits per heavy atom. The number of halogens is 1. The van der Waals surface area contributed by atoms with Crippen LogP contribution in [0.5, 0.6) is 0 Å². The van der Waals surface area contributed by atoms with E-state index in [2.05, 4.69) is 10.3 Å². The molecule has 0 bridgehead atoms. The molecule has 0 aliphatic carbocycles. The van der Waals surface area contributed by atoms with Crippen molar-refractivity contribution < 1.29 is 9.18 Å². The summed E-state index contributed by atoms with van der Waals surface area (Å²) in [5, 5.41) is 8.02. The van der Waals surface area contributed by atoms with Crippen LogP contribution in [0.3, 0.4) is 0 Å². The van der Waals surface area contributed by atoms with Gasteiger partial charge in [-0.25, -0.2) is 9.07 Å². The van der Waals surface area contributed by atoms with Gasteiger partial charge in [-0.2, -0.15) is 0 Å². The largest absolute Gasteiger partial charge is 0.333 e. The lowest BCUT2D eigenvalue weighted by Crippen LogP contribution is -2.30. The second kappa shape index (κ2) is 7.70. The Kier molecular flexibility index (Phi) is 5.18. The Labute approximate surface area is 145 Å². The van der Waals surface area contributed by atoms with E-state index in [0.29, 0.717) is 19.6 Å². The van der Waals surface area contributed by atoms with Crippen molar-refractivity contribution in [2.24, 2.45) is 0 Å². The van der Waals surface area contributed by atoms with Crippen LogP contribution in [0.25, 0.3) is 0 Å². The molecule has 0 aliphatic rings. The second-order valence-electron chi connectivity index (χ2n) is 5.74. The Bertz CT molecular complexity index is 847. The molecule has 1 amide bonds. The Balaban J connectivity index is 1.70. The van der Waals surface area contributed by atoms with Crippen LogP contribution in [0.4, 0.5) is 4.39 Å². The number of hydrogen-bond donors (Lipinski definition) is 0. The van der Waals surface area contributed by atoms with Gasteiger partial charge in [0.15, 0.2) is 5.69 Å². The average molecular weight is 338 g/mol. The molecule has 0 atom stereocenters. The van der Waals surface area contributed by atoms with E-state index in [1.165, 1.54) is 12.1 Å². The third-order valence-electron chi connectivity index (χ3n) is 3.88. The first kappa shape index (κ1) is 16.8. The number of carbonyl (C=O) groups excluding carboxylic acids is 1. The molecule has 0 spiro atoms.